The average molecular weight is 264 g/mol. The Kier molecular flexibility index (Phi) is 4.77. The van der Waals surface area contributed by atoms with Crippen molar-refractivity contribution in [1.29, 1.82) is 0 Å². The van der Waals surface area contributed by atoms with Gasteiger partial charge in [-0.3, -0.25) is 4.79 Å². The van der Waals surface area contributed by atoms with Crippen LogP contribution in [0.15, 0.2) is 18.5 Å². The van der Waals surface area contributed by atoms with E-state index in [0.717, 1.165) is 0 Å². The zero-order chi connectivity index (χ0) is 13.8. The molecule has 1 amide bonds. The Morgan fingerprint density at radius 1 is 1.56 bits per heavy atom. The average Bonchev–Trinajstić information content (AvgIpc) is 2.73. The molecular weight excluding hydrogens is 249 g/mol. The second kappa shape index (κ2) is 5.90. The summed E-state index contributed by atoms with van der Waals surface area (Å²) in [5.41, 5.74) is -0.224. The van der Waals surface area contributed by atoms with Crippen molar-refractivity contribution in [2.75, 3.05) is 6.54 Å². The van der Waals surface area contributed by atoms with Crippen molar-refractivity contribution < 1.29 is 23.1 Å². The number of hydrogen-bond donors (Lipinski definition) is 2. The Morgan fingerprint density at radius 2 is 2.22 bits per heavy atom. The maximum atomic E-state index is 12.2. The fourth-order valence-electron chi connectivity index (χ4n) is 1.47. The Bertz CT molecular complexity index is 401. The van der Waals surface area contributed by atoms with Gasteiger partial charge in [0.1, 0.15) is 0 Å². The molecule has 1 rings (SSSR count). The van der Waals surface area contributed by atoms with Gasteiger partial charge in [-0.05, 0) is 13.0 Å². The van der Waals surface area contributed by atoms with Crippen LogP contribution in [-0.2, 0) is 11.3 Å². The van der Waals surface area contributed by atoms with Crippen LogP contribution in [0.1, 0.15) is 25.0 Å². The topological polar surface area (TPSA) is 54.3 Å². The van der Waals surface area contributed by atoms with Gasteiger partial charge < -0.3 is 15.0 Å². The van der Waals surface area contributed by atoms with E-state index in [1.165, 1.54) is 23.0 Å². The van der Waals surface area contributed by atoms with Crippen molar-refractivity contribution in [3.8, 4) is 0 Å². The van der Waals surface area contributed by atoms with Crippen molar-refractivity contribution in [2.45, 2.75) is 32.2 Å². The third kappa shape index (κ3) is 4.06. The third-order valence-corrected chi connectivity index (χ3v) is 2.37. The predicted octanol–water partition coefficient (Wildman–Crippen LogP) is 1.61. The molecule has 1 aromatic rings. The standard InChI is InChI=1S/C11H15F3N2O2/c1-2-15-9(17)4-6-16-5-3-8(7-16)10(18)11(12,13)14/h3,5,7,10,18H,2,4,6H2,1H3,(H,15,17). The first-order valence-corrected chi connectivity index (χ1v) is 5.51. The summed E-state index contributed by atoms with van der Waals surface area (Å²) < 4.78 is 38.1. The molecule has 18 heavy (non-hydrogen) atoms. The molecule has 1 heterocycles. The summed E-state index contributed by atoms with van der Waals surface area (Å²) in [6.07, 6.45) is -4.38. The van der Waals surface area contributed by atoms with Crippen LogP contribution >= 0.6 is 0 Å². The van der Waals surface area contributed by atoms with E-state index >= 15 is 0 Å². The molecule has 102 valence electrons. The van der Waals surface area contributed by atoms with Gasteiger partial charge >= 0.3 is 6.18 Å². The summed E-state index contributed by atoms with van der Waals surface area (Å²) in [7, 11) is 0. The highest BCUT2D eigenvalue weighted by Gasteiger charge is 2.39. The van der Waals surface area contributed by atoms with Gasteiger partial charge in [0.05, 0.1) is 0 Å². The largest absolute Gasteiger partial charge is 0.418 e. The summed E-state index contributed by atoms with van der Waals surface area (Å²) in [5, 5.41) is 11.6. The van der Waals surface area contributed by atoms with Crippen molar-refractivity contribution in [3.05, 3.63) is 24.0 Å². The number of nitrogens with zero attached hydrogens (tertiary/aromatic N) is 1. The first-order valence-electron chi connectivity index (χ1n) is 5.51. The van der Waals surface area contributed by atoms with Crippen LogP contribution in [0.4, 0.5) is 13.2 Å². The molecule has 0 aliphatic heterocycles. The van der Waals surface area contributed by atoms with Gasteiger partial charge in [0, 0.05) is 37.5 Å². The Morgan fingerprint density at radius 3 is 2.78 bits per heavy atom. The number of aliphatic hydroxyl groups is 1. The second-order valence-corrected chi connectivity index (χ2v) is 3.83. The molecule has 0 saturated carbocycles. The Labute approximate surface area is 102 Å². The van der Waals surface area contributed by atoms with Crippen LogP contribution in [0.2, 0.25) is 0 Å². The van der Waals surface area contributed by atoms with E-state index in [1.807, 2.05) is 0 Å². The van der Waals surface area contributed by atoms with Gasteiger partial charge in [0.2, 0.25) is 5.91 Å². The normalized spacial score (nSPS) is 13.4. The van der Waals surface area contributed by atoms with Crippen molar-refractivity contribution in [3.63, 3.8) is 0 Å². The van der Waals surface area contributed by atoms with Crippen molar-refractivity contribution in [2.24, 2.45) is 0 Å². The van der Waals surface area contributed by atoms with E-state index in [9.17, 15) is 18.0 Å². The lowest BCUT2D eigenvalue weighted by atomic mass is 10.2. The Balaban J connectivity index is 2.56. The van der Waals surface area contributed by atoms with Gasteiger partial charge in [-0.15, -0.1) is 0 Å². The summed E-state index contributed by atoms with van der Waals surface area (Å²) in [6.45, 7) is 2.57. The van der Waals surface area contributed by atoms with E-state index in [2.05, 4.69) is 5.32 Å². The minimum Gasteiger partial charge on any atom is -0.379 e. The number of aliphatic hydroxyl groups excluding tert-OH is 1. The molecule has 1 aromatic heterocycles. The molecule has 0 aromatic carbocycles. The highest BCUT2D eigenvalue weighted by molar-refractivity contribution is 5.75. The van der Waals surface area contributed by atoms with Gasteiger partial charge in [-0.2, -0.15) is 13.2 Å². The monoisotopic (exact) mass is 264 g/mol. The Hall–Kier alpha value is -1.50. The smallest absolute Gasteiger partial charge is 0.379 e. The summed E-state index contributed by atoms with van der Waals surface area (Å²) in [4.78, 5) is 11.2. The van der Waals surface area contributed by atoms with E-state index in [4.69, 9.17) is 5.11 Å². The van der Waals surface area contributed by atoms with Crippen LogP contribution in [0.3, 0.4) is 0 Å². The number of rotatable bonds is 5. The summed E-state index contributed by atoms with van der Waals surface area (Å²) in [6, 6.07) is 1.19. The van der Waals surface area contributed by atoms with E-state index in [0.29, 0.717) is 6.54 Å². The van der Waals surface area contributed by atoms with Gasteiger partial charge in [0.15, 0.2) is 6.10 Å². The van der Waals surface area contributed by atoms with Crippen LogP contribution < -0.4 is 5.32 Å². The van der Waals surface area contributed by atoms with Crippen LogP contribution in [0.25, 0.3) is 0 Å². The number of amides is 1. The molecule has 0 aliphatic rings. The lowest BCUT2D eigenvalue weighted by Gasteiger charge is -2.12. The molecule has 1 atom stereocenters. The highest BCUT2D eigenvalue weighted by Crippen LogP contribution is 2.32. The molecule has 1 unspecified atom stereocenters. The van der Waals surface area contributed by atoms with Crippen LogP contribution in [0.5, 0.6) is 0 Å². The quantitative estimate of drug-likeness (QED) is 0.849. The molecular formula is C11H15F3N2O2. The maximum Gasteiger partial charge on any atom is 0.418 e. The van der Waals surface area contributed by atoms with Crippen molar-refractivity contribution in [1.82, 2.24) is 9.88 Å². The highest BCUT2D eigenvalue weighted by atomic mass is 19.4. The number of carbonyl (C=O) groups excluding carboxylic acids is 1. The molecule has 0 spiro atoms. The maximum absolute atomic E-state index is 12.2. The lowest BCUT2D eigenvalue weighted by molar-refractivity contribution is -0.206. The third-order valence-electron chi connectivity index (χ3n) is 2.37. The van der Waals surface area contributed by atoms with E-state index in [-0.39, 0.29) is 24.4 Å². The first kappa shape index (κ1) is 14.6. The van der Waals surface area contributed by atoms with E-state index in [1.54, 1.807) is 6.92 Å². The van der Waals surface area contributed by atoms with Crippen LogP contribution in [0, 0.1) is 0 Å². The van der Waals surface area contributed by atoms with Gasteiger partial charge in [-0.25, -0.2) is 0 Å². The minimum atomic E-state index is -4.67. The van der Waals surface area contributed by atoms with Crippen molar-refractivity contribution >= 4 is 5.91 Å². The van der Waals surface area contributed by atoms with Gasteiger partial charge in [-0.1, -0.05) is 0 Å². The number of aromatic nitrogens is 1. The molecule has 4 nitrogen and oxygen atoms in total. The first-order chi connectivity index (χ1) is 8.34. The molecule has 0 saturated heterocycles. The molecule has 0 radical (unpaired) electrons. The number of aryl methyl sites for hydroxylation is 1. The van der Waals surface area contributed by atoms with E-state index < -0.39 is 12.3 Å². The number of alkyl halides is 3. The predicted molar refractivity (Wildman–Crippen MR) is 58.7 cm³/mol. The number of nitrogens with one attached hydrogen (secondary N) is 1. The molecule has 0 bridgehead atoms. The summed E-state index contributed by atoms with van der Waals surface area (Å²) in [5.74, 6) is -0.163. The zero-order valence-electron chi connectivity index (χ0n) is 9.87. The van der Waals surface area contributed by atoms with Gasteiger partial charge in [0.25, 0.3) is 0 Å². The molecule has 7 heteroatoms. The fourth-order valence-corrected chi connectivity index (χ4v) is 1.47. The zero-order valence-corrected chi connectivity index (χ0v) is 9.87. The second-order valence-electron chi connectivity index (χ2n) is 3.83. The molecule has 2 N–H and O–H groups in total. The number of hydrogen-bond acceptors (Lipinski definition) is 2. The molecule has 0 fully saturated rings. The minimum absolute atomic E-state index is 0.163. The SMILES string of the molecule is CCNC(=O)CCn1ccc(C(O)C(F)(F)F)c1. The summed E-state index contributed by atoms with van der Waals surface area (Å²) >= 11 is 0. The number of halogens is 3. The fraction of sp³-hybridized carbons (Fsp3) is 0.545. The lowest BCUT2D eigenvalue weighted by Crippen LogP contribution is -2.23. The number of carbonyl (C=O) groups is 1. The molecule has 0 aliphatic carbocycles. The van der Waals surface area contributed by atoms with Crippen LogP contribution in [-0.4, -0.2) is 28.3 Å².